The van der Waals surface area contributed by atoms with E-state index in [0.29, 0.717) is 0 Å². The second-order valence-electron chi connectivity index (χ2n) is 1.98. The van der Waals surface area contributed by atoms with Crippen LogP contribution in [0.25, 0.3) is 0 Å². The molecule has 0 saturated carbocycles. The Kier molecular flexibility index (Phi) is 5.11. The highest BCUT2D eigenvalue weighted by Gasteiger charge is 2.33. The molecule has 0 aliphatic carbocycles. The smallest absolute Gasteiger partial charge is 0.505 e. The topological polar surface area (TPSA) is 95.9 Å². The Hall–Kier alpha value is -0.590. The second-order valence-corrected chi connectivity index (χ2v) is 4.34. The van der Waals surface area contributed by atoms with Crippen LogP contribution in [0.15, 0.2) is 0 Å². The van der Waals surface area contributed by atoms with Gasteiger partial charge in [0.15, 0.2) is 0 Å². The van der Waals surface area contributed by atoms with E-state index in [1.54, 1.807) is 0 Å². The number of alkyl halides is 3. The summed E-state index contributed by atoms with van der Waals surface area (Å²) in [5.74, 6) is 0. The lowest BCUT2D eigenvalue weighted by Gasteiger charge is -2.27. The predicted molar refractivity (Wildman–Crippen MR) is 44.5 cm³/mol. The minimum atomic E-state index is -2.13. The number of hydrogen-bond acceptors (Lipinski definition) is 5. The molecular weight excluding hydrogens is 262 g/mol. The second kappa shape index (κ2) is 5.33. The van der Waals surface area contributed by atoms with Crippen molar-refractivity contribution in [2.75, 3.05) is 6.61 Å². The molecule has 1 atom stereocenters. The summed E-state index contributed by atoms with van der Waals surface area (Å²) in [6, 6.07) is 0. The van der Waals surface area contributed by atoms with Crippen LogP contribution < -0.4 is 5.11 Å². The van der Waals surface area contributed by atoms with Gasteiger partial charge in [0, 0.05) is 0 Å². The summed E-state index contributed by atoms with van der Waals surface area (Å²) in [4.78, 5) is 19.9. The van der Waals surface area contributed by atoms with Crippen LogP contribution in [0.5, 0.6) is 0 Å². The monoisotopic (exact) mass is 265 g/mol. The average Bonchev–Trinajstić information content (AvgIpc) is 1.94. The van der Waals surface area contributed by atoms with E-state index in [1.807, 2.05) is 0 Å². The molecule has 0 rings (SSSR count). The Labute approximate surface area is 93.2 Å². The van der Waals surface area contributed by atoms with E-state index in [0.717, 1.165) is 0 Å². The van der Waals surface area contributed by atoms with Crippen molar-refractivity contribution in [3.05, 3.63) is 0 Å². The molecule has 1 unspecified atom stereocenters. The Morgan fingerprint density at radius 2 is 1.93 bits per heavy atom. The largest absolute Gasteiger partial charge is 0.538 e. The molecular formula is C5H4Cl3O6-. The van der Waals surface area contributed by atoms with Crippen molar-refractivity contribution in [2.45, 2.75) is 9.90 Å². The van der Waals surface area contributed by atoms with Gasteiger partial charge in [0.2, 0.25) is 3.79 Å². The summed E-state index contributed by atoms with van der Waals surface area (Å²) >= 11 is 15.8. The average molecular weight is 266 g/mol. The summed E-state index contributed by atoms with van der Waals surface area (Å²) in [7, 11) is 0. The van der Waals surface area contributed by atoms with Gasteiger partial charge in [0.05, 0.1) is 0 Å². The highest BCUT2D eigenvalue weighted by molar-refractivity contribution is 6.68. The number of hydrogen-bond donors (Lipinski definition) is 1. The predicted octanol–water partition coefficient (Wildman–Crippen LogP) is 0.780. The molecule has 14 heavy (non-hydrogen) atoms. The summed E-state index contributed by atoms with van der Waals surface area (Å²) in [5, 5.41) is 18.1. The lowest BCUT2D eigenvalue weighted by atomic mass is 10.4. The maximum atomic E-state index is 9.99. The van der Waals surface area contributed by atoms with Crippen molar-refractivity contribution in [3.63, 3.8) is 0 Å². The molecule has 0 spiro atoms. The van der Waals surface area contributed by atoms with Crippen LogP contribution in [0.1, 0.15) is 0 Å². The van der Waals surface area contributed by atoms with Crippen LogP contribution in [0.3, 0.4) is 0 Å². The fraction of sp³-hybridized carbons (Fsp3) is 0.600. The minimum absolute atomic E-state index is 0.736. The van der Waals surface area contributed by atoms with Crippen LogP contribution in [0.2, 0.25) is 0 Å². The third-order valence-electron chi connectivity index (χ3n) is 0.962. The van der Waals surface area contributed by atoms with Gasteiger partial charge in [0.25, 0.3) is 6.16 Å². The molecule has 0 bridgehead atoms. The van der Waals surface area contributed by atoms with Gasteiger partial charge < -0.3 is 24.5 Å². The molecule has 0 radical (unpaired) electrons. The Morgan fingerprint density at radius 3 is 2.21 bits per heavy atom. The molecule has 0 aromatic heterocycles. The van der Waals surface area contributed by atoms with Crippen LogP contribution in [0.4, 0.5) is 9.59 Å². The van der Waals surface area contributed by atoms with Crippen molar-refractivity contribution >= 4 is 47.1 Å². The molecule has 0 fully saturated rings. The molecule has 6 nitrogen and oxygen atoms in total. The lowest BCUT2D eigenvalue weighted by molar-refractivity contribution is -0.288. The zero-order valence-electron chi connectivity index (χ0n) is 6.41. The fourth-order valence-corrected chi connectivity index (χ4v) is 0.781. The van der Waals surface area contributed by atoms with Crippen molar-refractivity contribution in [3.8, 4) is 0 Å². The molecule has 0 aromatic rings. The van der Waals surface area contributed by atoms with Crippen LogP contribution in [-0.4, -0.2) is 33.9 Å². The van der Waals surface area contributed by atoms with Gasteiger partial charge in [-0.3, -0.25) is 0 Å². The molecule has 0 aliphatic heterocycles. The lowest BCUT2D eigenvalue weighted by Crippen LogP contribution is -2.40. The molecule has 82 valence electrons. The van der Waals surface area contributed by atoms with Gasteiger partial charge >= 0.3 is 6.16 Å². The summed E-state index contributed by atoms with van der Waals surface area (Å²) in [6.45, 7) is -0.736. The van der Waals surface area contributed by atoms with Crippen molar-refractivity contribution < 1.29 is 29.3 Å². The SMILES string of the molecule is O=C([O-])OC(COC(=O)O)C(Cl)(Cl)Cl. The first-order chi connectivity index (χ1) is 6.23. The van der Waals surface area contributed by atoms with Gasteiger partial charge in [-0.1, -0.05) is 34.8 Å². The fourth-order valence-electron chi connectivity index (χ4n) is 0.458. The first-order valence-corrected chi connectivity index (χ1v) is 4.17. The van der Waals surface area contributed by atoms with Gasteiger partial charge in [-0.2, -0.15) is 0 Å². The molecule has 0 saturated heterocycles. The first-order valence-electron chi connectivity index (χ1n) is 3.03. The molecule has 0 aliphatic rings. The highest BCUT2D eigenvalue weighted by Crippen LogP contribution is 2.32. The zero-order valence-corrected chi connectivity index (χ0v) is 8.67. The van der Waals surface area contributed by atoms with E-state index < -0.39 is 28.8 Å². The molecule has 0 heterocycles. The van der Waals surface area contributed by atoms with E-state index in [-0.39, 0.29) is 0 Å². The van der Waals surface area contributed by atoms with Gasteiger partial charge in [-0.25, -0.2) is 4.79 Å². The van der Waals surface area contributed by atoms with E-state index in [4.69, 9.17) is 39.9 Å². The summed E-state index contributed by atoms with van der Waals surface area (Å²) < 4.78 is 5.84. The third kappa shape index (κ3) is 5.95. The van der Waals surface area contributed by atoms with Crippen molar-refractivity contribution in [1.82, 2.24) is 0 Å². The Bertz CT molecular complexity index is 224. The maximum absolute atomic E-state index is 9.99. The van der Waals surface area contributed by atoms with Gasteiger partial charge in [-0.15, -0.1) is 0 Å². The maximum Gasteiger partial charge on any atom is 0.505 e. The number of carbonyl (C=O) groups is 2. The number of carboxylic acid groups (broad SMARTS) is 2. The Balaban J connectivity index is 4.26. The number of carbonyl (C=O) groups excluding carboxylic acids is 1. The highest BCUT2D eigenvalue weighted by atomic mass is 35.6. The minimum Gasteiger partial charge on any atom is -0.538 e. The third-order valence-corrected chi connectivity index (χ3v) is 1.69. The molecule has 1 N–H and O–H groups in total. The van der Waals surface area contributed by atoms with Crippen LogP contribution in [-0.2, 0) is 9.47 Å². The summed E-state index contributed by atoms with van der Waals surface area (Å²) in [5.41, 5.74) is 0. The van der Waals surface area contributed by atoms with Crippen molar-refractivity contribution in [1.29, 1.82) is 0 Å². The van der Waals surface area contributed by atoms with Crippen LogP contribution >= 0.6 is 34.8 Å². The van der Waals surface area contributed by atoms with Crippen molar-refractivity contribution in [2.24, 2.45) is 0 Å². The Morgan fingerprint density at radius 1 is 1.43 bits per heavy atom. The van der Waals surface area contributed by atoms with E-state index >= 15 is 0 Å². The van der Waals surface area contributed by atoms with E-state index in [1.165, 1.54) is 0 Å². The van der Waals surface area contributed by atoms with E-state index in [2.05, 4.69) is 9.47 Å². The van der Waals surface area contributed by atoms with Gasteiger partial charge in [0.1, 0.15) is 12.7 Å². The standard InChI is InChI=1S/C5H5Cl3O6/c6-5(7,8)2(14-4(11)12)1-13-3(9)10/h2H,1H2,(H,9,10)(H,11,12)/p-1. The zero-order chi connectivity index (χ0) is 11.4. The molecule has 9 heteroatoms. The quantitative estimate of drug-likeness (QED) is 0.599. The molecule has 0 amide bonds. The van der Waals surface area contributed by atoms with Gasteiger partial charge in [-0.05, 0) is 0 Å². The van der Waals surface area contributed by atoms with Crippen LogP contribution in [0, 0.1) is 0 Å². The number of rotatable bonds is 3. The number of ether oxygens (including phenoxy) is 2. The normalized spacial score (nSPS) is 13.1. The first kappa shape index (κ1) is 13.4. The molecule has 0 aromatic carbocycles. The number of halogens is 3. The summed E-state index contributed by atoms with van der Waals surface area (Å²) in [6.07, 6.45) is -5.17. The van der Waals surface area contributed by atoms with E-state index in [9.17, 15) is 14.7 Å².